The van der Waals surface area contributed by atoms with Gasteiger partial charge in [0.05, 0.1) is 0 Å². The van der Waals surface area contributed by atoms with E-state index in [1.165, 1.54) is 16.3 Å². The minimum absolute atomic E-state index is 0.936. The summed E-state index contributed by atoms with van der Waals surface area (Å²) in [6.07, 6.45) is 0. The Bertz CT molecular complexity index is 463. The van der Waals surface area contributed by atoms with E-state index in [0.29, 0.717) is 0 Å². The molecule has 0 bridgehead atoms. The van der Waals surface area contributed by atoms with Crippen molar-refractivity contribution in [3.05, 3.63) is 40.1 Å². The van der Waals surface area contributed by atoms with Gasteiger partial charge < -0.3 is 0 Å². The number of rotatable bonds is 0. The minimum atomic E-state index is 0.936. The van der Waals surface area contributed by atoms with Crippen molar-refractivity contribution in [3.63, 3.8) is 0 Å². The summed E-state index contributed by atoms with van der Waals surface area (Å²) in [7, 11) is 0. The summed E-state index contributed by atoms with van der Waals surface area (Å²) in [6, 6.07) is 8.49. The van der Waals surface area contributed by atoms with Crippen molar-refractivity contribution in [1.82, 2.24) is 4.98 Å². The normalized spacial score (nSPS) is 10.7. The highest BCUT2D eigenvalue weighted by atomic mass is 79.9. The Hall–Kier alpha value is -0.890. The van der Waals surface area contributed by atoms with Gasteiger partial charge in [0.15, 0.2) is 0 Å². The van der Waals surface area contributed by atoms with Gasteiger partial charge in [0, 0.05) is 11.1 Å². The quantitative estimate of drug-likeness (QED) is 0.636. The maximum Gasteiger partial charge on any atom is 0.114 e. The van der Waals surface area contributed by atoms with E-state index in [2.05, 4.69) is 52.1 Å². The molecule has 0 aliphatic carbocycles. The average molecular weight is 236 g/mol. The Balaban J connectivity index is 2.87. The Morgan fingerprint density at radius 2 is 1.92 bits per heavy atom. The lowest BCUT2D eigenvalue weighted by Crippen LogP contribution is -1.85. The number of fused-ring (bicyclic) bond motifs is 1. The number of halogens is 1. The van der Waals surface area contributed by atoms with Crippen molar-refractivity contribution in [2.24, 2.45) is 0 Å². The van der Waals surface area contributed by atoms with Crippen molar-refractivity contribution in [1.29, 1.82) is 0 Å². The molecule has 0 radical (unpaired) electrons. The third kappa shape index (κ3) is 1.59. The second kappa shape index (κ2) is 3.11. The first-order chi connectivity index (χ1) is 6.16. The molecule has 0 unspecified atom stereocenters. The summed E-state index contributed by atoms with van der Waals surface area (Å²) in [5.41, 5.74) is 2.31. The summed E-state index contributed by atoms with van der Waals surface area (Å²) in [5, 5.41) is 2.43. The standard InChI is InChI=1S/C11H10BrN/c1-7-3-4-9-6-8(2)13-11(12)10(9)5-7/h3-6H,1-2H3. The van der Waals surface area contributed by atoms with E-state index in [-0.39, 0.29) is 0 Å². The molecule has 1 nitrogen and oxygen atoms in total. The topological polar surface area (TPSA) is 12.9 Å². The zero-order chi connectivity index (χ0) is 9.42. The van der Waals surface area contributed by atoms with E-state index < -0.39 is 0 Å². The van der Waals surface area contributed by atoms with E-state index >= 15 is 0 Å². The molecule has 0 atom stereocenters. The van der Waals surface area contributed by atoms with E-state index in [1.54, 1.807) is 0 Å². The zero-order valence-corrected chi connectivity index (χ0v) is 9.22. The zero-order valence-electron chi connectivity index (χ0n) is 7.63. The lowest BCUT2D eigenvalue weighted by Gasteiger charge is -2.02. The number of pyridine rings is 1. The summed E-state index contributed by atoms with van der Waals surface area (Å²) < 4.78 is 0.936. The Morgan fingerprint density at radius 3 is 2.69 bits per heavy atom. The van der Waals surface area contributed by atoms with Gasteiger partial charge in [0.1, 0.15) is 4.60 Å². The van der Waals surface area contributed by atoms with Gasteiger partial charge in [-0.1, -0.05) is 17.7 Å². The van der Waals surface area contributed by atoms with Crippen LogP contribution in [0.25, 0.3) is 10.8 Å². The maximum absolute atomic E-state index is 4.36. The smallest absolute Gasteiger partial charge is 0.114 e. The molecule has 0 saturated carbocycles. The third-order valence-corrected chi connectivity index (χ3v) is 2.67. The summed E-state index contributed by atoms with van der Waals surface area (Å²) >= 11 is 3.47. The van der Waals surface area contributed by atoms with Crippen LogP contribution in [0.3, 0.4) is 0 Å². The number of hydrogen-bond donors (Lipinski definition) is 0. The second-order valence-corrected chi connectivity index (χ2v) is 4.03. The molecule has 0 amide bonds. The molecule has 1 aromatic heterocycles. The molecule has 1 aromatic carbocycles. The van der Waals surface area contributed by atoms with Gasteiger partial charge in [-0.15, -0.1) is 0 Å². The molecular formula is C11H10BrN. The third-order valence-electron chi connectivity index (χ3n) is 2.07. The molecule has 0 aliphatic heterocycles. The molecule has 66 valence electrons. The highest BCUT2D eigenvalue weighted by Crippen LogP contribution is 2.23. The van der Waals surface area contributed by atoms with Crippen molar-refractivity contribution in [3.8, 4) is 0 Å². The molecule has 0 fully saturated rings. The van der Waals surface area contributed by atoms with E-state index in [0.717, 1.165) is 10.3 Å². The fraction of sp³-hybridized carbons (Fsp3) is 0.182. The molecule has 2 heteroatoms. The molecule has 2 aromatic rings. The molecule has 0 N–H and O–H groups in total. The van der Waals surface area contributed by atoms with Gasteiger partial charge in [-0.05, 0) is 47.3 Å². The average Bonchev–Trinajstić information content (AvgIpc) is 2.06. The molecule has 0 spiro atoms. The number of aryl methyl sites for hydroxylation is 2. The van der Waals surface area contributed by atoms with E-state index in [4.69, 9.17) is 0 Å². The van der Waals surface area contributed by atoms with Crippen molar-refractivity contribution >= 4 is 26.7 Å². The predicted molar refractivity (Wildman–Crippen MR) is 58.9 cm³/mol. The Labute approximate surface area is 85.9 Å². The lowest BCUT2D eigenvalue weighted by molar-refractivity contribution is 1.19. The van der Waals surface area contributed by atoms with Gasteiger partial charge in [-0.3, -0.25) is 0 Å². The van der Waals surface area contributed by atoms with E-state index in [1.807, 2.05) is 6.92 Å². The van der Waals surface area contributed by atoms with Gasteiger partial charge >= 0.3 is 0 Å². The summed E-state index contributed by atoms with van der Waals surface area (Å²) in [6.45, 7) is 4.09. The molecule has 13 heavy (non-hydrogen) atoms. The number of nitrogens with zero attached hydrogens (tertiary/aromatic N) is 1. The van der Waals surface area contributed by atoms with Gasteiger partial charge in [-0.2, -0.15) is 0 Å². The van der Waals surface area contributed by atoms with Crippen LogP contribution in [0, 0.1) is 13.8 Å². The summed E-state index contributed by atoms with van der Waals surface area (Å²) in [5.74, 6) is 0. The van der Waals surface area contributed by atoms with Crippen molar-refractivity contribution < 1.29 is 0 Å². The predicted octanol–water partition coefficient (Wildman–Crippen LogP) is 3.61. The van der Waals surface area contributed by atoms with Crippen molar-refractivity contribution in [2.45, 2.75) is 13.8 Å². The minimum Gasteiger partial charge on any atom is -0.246 e. The summed E-state index contributed by atoms with van der Waals surface area (Å²) in [4.78, 5) is 4.36. The Kier molecular flexibility index (Phi) is 2.08. The van der Waals surface area contributed by atoms with Gasteiger partial charge in [-0.25, -0.2) is 4.98 Å². The number of hydrogen-bond acceptors (Lipinski definition) is 1. The van der Waals surface area contributed by atoms with E-state index in [9.17, 15) is 0 Å². The highest BCUT2D eigenvalue weighted by Gasteiger charge is 2.00. The Morgan fingerprint density at radius 1 is 1.15 bits per heavy atom. The number of benzene rings is 1. The van der Waals surface area contributed by atoms with Crippen LogP contribution >= 0.6 is 15.9 Å². The van der Waals surface area contributed by atoms with Crippen LogP contribution in [-0.2, 0) is 0 Å². The monoisotopic (exact) mass is 235 g/mol. The van der Waals surface area contributed by atoms with Crippen LogP contribution in [-0.4, -0.2) is 4.98 Å². The van der Waals surface area contributed by atoms with Gasteiger partial charge in [0.25, 0.3) is 0 Å². The maximum atomic E-state index is 4.36. The first-order valence-electron chi connectivity index (χ1n) is 4.20. The molecule has 0 aliphatic rings. The van der Waals surface area contributed by atoms with Crippen LogP contribution < -0.4 is 0 Å². The van der Waals surface area contributed by atoms with Crippen molar-refractivity contribution in [2.75, 3.05) is 0 Å². The molecule has 0 saturated heterocycles. The van der Waals surface area contributed by atoms with Crippen LogP contribution in [0.2, 0.25) is 0 Å². The molecular weight excluding hydrogens is 226 g/mol. The SMILES string of the molecule is Cc1ccc2cc(C)nc(Br)c2c1. The van der Waals surface area contributed by atoms with Gasteiger partial charge in [0.2, 0.25) is 0 Å². The fourth-order valence-corrected chi connectivity index (χ4v) is 2.07. The van der Waals surface area contributed by atoms with Crippen LogP contribution in [0.5, 0.6) is 0 Å². The van der Waals surface area contributed by atoms with Crippen LogP contribution in [0.4, 0.5) is 0 Å². The molecule has 2 rings (SSSR count). The number of aromatic nitrogens is 1. The largest absolute Gasteiger partial charge is 0.246 e. The first-order valence-corrected chi connectivity index (χ1v) is 4.99. The lowest BCUT2D eigenvalue weighted by atomic mass is 10.1. The van der Waals surface area contributed by atoms with Crippen LogP contribution in [0.1, 0.15) is 11.3 Å². The van der Waals surface area contributed by atoms with Crippen LogP contribution in [0.15, 0.2) is 28.9 Å². The second-order valence-electron chi connectivity index (χ2n) is 3.28. The fourth-order valence-electron chi connectivity index (χ4n) is 1.45. The molecule has 1 heterocycles. The first kappa shape index (κ1) is 8.70. The highest BCUT2D eigenvalue weighted by molar-refractivity contribution is 9.10.